The summed E-state index contributed by atoms with van der Waals surface area (Å²) in [6.07, 6.45) is 2.83. The molecule has 132 valence electrons. The van der Waals surface area contributed by atoms with Crippen LogP contribution in [0.2, 0.25) is 0 Å². The number of aromatic hydroxyl groups is 1. The van der Waals surface area contributed by atoms with E-state index < -0.39 is 10.0 Å². The van der Waals surface area contributed by atoms with E-state index in [1.54, 1.807) is 23.1 Å². The van der Waals surface area contributed by atoms with Crippen molar-refractivity contribution < 1.29 is 18.3 Å². The third-order valence-corrected chi connectivity index (χ3v) is 6.06. The van der Waals surface area contributed by atoms with Crippen molar-refractivity contribution >= 4 is 15.9 Å². The number of hydrogen-bond acceptors (Lipinski definition) is 5. The van der Waals surface area contributed by atoms with Crippen LogP contribution in [0.3, 0.4) is 0 Å². The number of benzene rings is 1. The van der Waals surface area contributed by atoms with Gasteiger partial charge in [-0.2, -0.15) is 4.31 Å². The molecule has 1 aliphatic rings. The molecule has 0 saturated carbocycles. The summed E-state index contributed by atoms with van der Waals surface area (Å²) in [6.45, 7) is 2.78. The maximum absolute atomic E-state index is 12.6. The van der Waals surface area contributed by atoms with Crippen LogP contribution in [0.25, 0.3) is 0 Å². The Kier molecular flexibility index (Phi) is 4.73. The van der Waals surface area contributed by atoms with Gasteiger partial charge in [0.05, 0.1) is 5.56 Å². The van der Waals surface area contributed by atoms with Crippen molar-refractivity contribution in [1.82, 2.24) is 14.2 Å². The minimum atomic E-state index is -3.61. The van der Waals surface area contributed by atoms with Crippen molar-refractivity contribution in [3.05, 3.63) is 53.9 Å². The standard InChI is InChI=1S/C17H19N3O4S/c1-13-4-5-15(16(21)11-13)17(22)19-7-9-20(10-8-19)25(23,24)14-3-2-6-18-12-14/h2-6,11-12,21H,7-10H2,1H3. The SMILES string of the molecule is Cc1ccc(C(=O)N2CCN(S(=O)(=O)c3cccnc3)CC2)c(O)c1. The second-order valence-electron chi connectivity index (χ2n) is 5.91. The van der Waals surface area contributed by atoms with Gasteiger partial charge in [-0.3, -0.25) is 9.78 Å². The molecule has 8 heteroatoms. The predicted molar refractivity (Wildman–Crippen MR) is 91.7 cm³/mol. The Morgan fingerprint density at radius 3 is 2.48 bits per heavy atom. The highest BCUT2D eigenvalue weighted by molar-refractivity contribution is 7.89. The second kappa shape index (κ2) is 6.81. The van der Waals surface area contributed by atoms with E-state index in [4.69, 9.17) is 0 Å². The fourth-order valence-electron chi connectivity index (χ4n) is 2.77. The normalized spacial score (nSPS) is 16.0. The van der Waals surface area contributed by atoms with Crippen LogP contribution in [0.1, 0.15) is 15.9 Å². The number of piperazine rings is 1. The second-order valence-corrected chi connectivity index (χ2v) is 7.84. The Morgan fingerprint density at radius 2 is 1.88 bits per heavy atom. The summed E-state index contributed by atoms with van der Waals surface area (Å²) in [5, 5.41) is 9.96. The molecule has 1 fully saturated rings. The van der Waals surface area contributed by atoms with Gasteiger partial charge in [0, 0.05) is 38.6 Å². The van der Waals surface area contributed by atoms with Crippen LogP contribution in [0.4, 0.5) is 0 Å². The highest BCUT2D eigenvalue weighted by atomic mass is 32.2. The summed E-state index contributed by atoms with van der Waals surface area (Å²) in [6, 6.07) is 7.97. The van der Waals surface area contributed by atoms with Crippen molar-refractivity contribution in [2.75, 3.05) is 26.2 Å². The quantitative estimate of drug-likeness (QED) is 0.888. The van der Waals surface area contributed by atoms with Crippen molar-refractivity contribution in [3.63, 3.8) is 0 Å². The number of aryl methyl sites for hydroxylation is 1. The number of carbonyl (C=O) groups is 1. The third-order valence-electron chi connectivity index (χ3n) is 4.18. The van der Waals surface area contributed by atoms with Crippen LogP contribution < -0.4 is 0 Å². The highest BCUT2D eigenvalue weighted by Crippen LogP contribution is 2.22. The van der Waals surface area contributed by atoms with Gasteiger partial charge in [0.2, 0.25) is 10.0 Å². The van der Waals surface area contributed by atoms with Crippen molar-refractivity contribution in [3.8, 4) is 5.75 Å². The van der Waals surface area contributed by atoms with Crippen LogP contribution in [0.15, 0.2) is 47.6 Å². The van der Waals surface area contributed by atoms with Gasteiger partial charge in [-0.05, 0) is 36.8 Å². The van der Waals surface area contributed by atoms with Gasteiger partial charge in [0.1, 0.15) is 10.6 Å². The van der Waals surface area contributed by atoms with E-state index in [1.165, 1.54) is 28.8 Å². The summed E-state index contributed by atoms with van der Waals surface area (Å²) in [5.41, 5.74) is 1.09. The molecule has 0 spiro atoms. The molecule has 1 aliphatic heterocycles. The Morgan fingerprint density at radius 1 is 1.16 bits per heavy atom. The highest BCUT2D eigenvalue weighted by Gasteiger charge is 2.31. The Balaban J connectivity index is 1.70. The average Bonchev–Trinajstić information content (AvgIpc) is 2.62. The number of carbonyl (C=O) groups excluding carboxylic acids is 1. The van der Waals surface area contributed by atoms with Gasteiger partial charge >= 0.3 is 0 Å². The zero-order valence-corrected chi connectivity index (χ0v) is 14.6. The van der Waals surface area contributed by atoms with Gasteiger partial charge in [-0.25, -0.2) is 8.42 Å². The number of amides is 1. The van der Waals surface area contributed by atoms with Gasteiger partial charge in [-0.15, -0.1) is 0 Å². The molecule has 1 saturated heterocycles. The molecule has 1 aromatic heterocycles. The van der Waals surface area contributed by atoms with Crippen LogP contribution in [0, 0.1) is 6.92 Å². The molecule has 0 radical (unpaired) electrons. The van der Waals surface area contributed by atoms with Gasteiger partial charge < -0.3 is 10.0 Å². The lowest BCUT2D eigenvalue weighted by Gasteiger charge is -2.34. The predicted octanol–water partition coefficient (Wildman–Crippen LogP) is 1.24. The van der Waals surface area contributed by atoms with E-state index in [9.17, 15) is 18.3 Å². The van der Waals surface area contributed by atoms with Crippen molar-refractivity contribution in [2.24, 2.45) is 0 Å². The number of phenolic OH excluding ortho intramolecular Hbond substituents is 1. The maximum atomic E-state index is 12.6. The minimum absolute atomic E-state index is 0.0598. The third kappa shape index (κ3) is 3.49. The number of aromatic nitrogens is 1. The maximum Gasteiger partial charge on any atom is 0.257 e. The van der Waals surface area contributed by atoms with E-state index in [0.29, 0.717) is 0 Å². The Hall–Kier alpha value is -2.45. The Labute approximate surface area is 146 Å². The molecule has 0 atom stereocenters. The first-order chi connectivity index (χ1) is 11.9. The van der Waals surface area contributed by atoms with E-state index in [-0.39, 0.29) is 48.3 Å². The number of rotatable bonds is 3. The zero-order chi connectivity index (χ0) is 18.0. The first kappa shape index (κ1) is 17.4. The van der Waals surface area contributed by atoms with Gasteiger partial charge in [0.15, 0.2) is 0 Å². The van der Waals surface area contributed by atoms with Crippen LogP contribution >= 0.6 is 0 Å². The smallest absolute Gasteiger partial charge is 0.257 e. The largest absolute Gasteiger partial charge is 0.507 e. The number of hydrogen-bond donors (Lipinski definition) is 1. The molecule has 0 aliphatic carbocycles. The molecular formula is C17H19N3O4S. The summed E-state index contributed by atoms with van der Waals surface area (Å²) in [5.74, 6) is -0.355. The van der Waals surface area contributed by atoms with Gasteiger partial charge in [0.25, 0.3) is 5.91 Å². The van der Waals surface area contributed by atoms with Crippen LogP contribution in [0.5, 0.6) is 5.75 Å². The van der Waals surface area contributed by atoms with E-state index in [0.717, 1.165) is 5.56 Å². The molecule has 1 amide bonds. The molecule has 0 bridgehead atoms. The lowest BCUT2D eigenvalue weighted by molar-refractivity contribution is 0.0695. The summed E-state index contributed by atoms with van der Waals surface area (Å²) in [4.78, 5) is 18.1. The number of phenols is 1. The topological polar surface area (TPSA) is 90.8 Å². The molecule has 1 N–H and O–H groups in total. The number of pyridine rings is 1. The molecule has 0 unspecified atom stereocenters. The molecular weight excluding hydrogens is 342 g/mol. The minimum Gasteiger partial charge on any atom is -0.507 e. The van der Waals surface area contributed by atoms with Crippen LogP contribution in [-0.2, 0) is 10.0 Å². The first-order valence-electron chi connectivity index (χ1n) is 7.88. The number of nitrogens with zero attached hydrogens (tertiary/aromatic N) is 3. The van der Waals surface area contributed by atoms with E-state index >= 15 is 0 Å². The molecule has 3 rings (SSSR count). The zero-order valence-electron chi connectivity index (χ0n) is 13.8. The monoisotopic (exact) mass is 361 g/mol. The van der Waals surface area contributed by atoms with E-state index in [2.05, 4.69) is 4.98 Å². The summed E-state index contributed by atoms with van der Waals surface area (Å²) in [7, 11) is -3.61. The summed E-state index contributed by atoms with van der Waals surface area (Å²) < 4.78 is 26.5. The van der Waals surface area contributed by atoms with Crippen molar-refractivity contribution in [2.45, 2.75) is 11.8 Å². The fourth-order valence-corrected chi connectivity index (χ4v) is 4.16. The molecule has 2 heterocycles. The molecule has 25 heavy (non-hydrogen) atoms. The van der Waals surface area contributed by atoms with Gasteiger partial charge in [-0.1, -0.05) is 6.07 Å². The van der Waals surface area contributed by atoms with E-state index in [1.807, 2.05) is 6.92 Å². The molecule has 2 aromatic rings. The average molecular weight is 361 g/mol. The molecule has 7 nitrogen and oxygen atoms in total. The lowest BCUT2D eigenvalue weighted by atomic mass is 10.1. The number of sulfonamides is 1. The lowest BCUT2D eigenvalue weighted by Crippen LogP contribution is -2.50. The van der Waals surface area contributed by atoms with Crippen LogP contribution in [-0.4, -0.2) is 59.8 Å². The first-order valence-corrected chi connectivity index (χ1v) is 9.32. The molecule has 1 aromatic carbocycles. The fraction of sp³-hybridized carbons (Fsp3) is 0.294. The Bertz CT molecular complexity index is 876. The summed E-state index contributed by atoms with van der Waals surface area (Å²) >= 11 is 0. The van der Waals surface area contributed by atoms with Crippen molar-refractivity contribution in [1.29, 1.82) is 0 Å².